The molecule has 1 aromatic rings. The van der Waals surface area contributed by atoms with E-state index in [1.807, 2.05) is 13.0 Å². The number of nitrogens with one attached hydrogen (secondary N) is 1. The summed E-state index contributed by atoms with van der Waals surface area (Å²) in [6, 6.07) is 2.75. The number of sulfonamides is 1. The topological polar surface area (TPSA) is 70.0 Å². The molecule has 7 heteroatoms. The Morgan fingerprint density at radius 2 is 2.29 bits per heavy atom. The lowest BCUT2D eigenvalue weighted by Gasteiger charge is -2.09. The highest BCUT2D eigenvalue weighted by molar-refractivity contribution is 7.91. The molecule has 1 rings (SSSR count). The molecule has 0 spiro atoms. The molecule has 1 atom stereocenters. The predicted molar refractivity (Wildman–Crippen MR) is 68.7 cm³/mol. The molecule has 0 aliphatic carbocycles. The van der Waals surface area contributed by atoms with Crippen molar-refractivity contribution in [1.82, 2.24) is 4.72 Å². The molecule has 94 valence electrons. The number of rotatable bonds is 5. The van der Waals surface area contributed by atoms with Gasteiger partial charge in [-0.1, -0.05) is 24.9 Å². The highest BCUT2D eigenvalue weighted by Crippen LogP contribution is 2.30. The first kappa shape index (κ1) is 14.5. The van der Waals surface area contributed by atoms with Crippen LogP contribution in [0.2, 0.25) is 4.34 Å². The van der Waals surface area contributed by atoms with Crippen molar-refractivity contribution in [3.05, 3.63) is 16.0 Å². The van der Waals surface area contributed by atoms with Gasteiger partial charge >= 0.3 is 0 Å². The minimum atomic E-state index is -3.63. The first-order valence-electron chi connectivity index (χ1n) is 5.08. The molecule has 0 radical (unpaired) electrons. The van der Waals surface area contributed by atoms with Gasteiger partial charge in [0.25, 0.3) is 10.0 Å². The van der Waals surface area contributed by atoms with Crippen LogP contribution in [-0.2, 0) is 10.0 Å². The molecule has 1 aromatic heterocycles. The molecule has 1 unspecified atom stereocenters. The maximum absolute atomic E-state index is 11.9. The summed E-state index contributed by atoms with van der Waals surface area (Å²) < 4.78 is 26.8. The molecule has 0 aromatic carbocycles. The summed E-state index contributed by atoms with van der Waals surface area (Å²) >= 11 is 6.83. The fraction of sp³-hybridized carbons (Fsp3) is 0.500. The minimum absolute atomic E-state index is 0.149. The quantitative estimate of drug-likeness (QED) is 0.907. The van der Waals surface area contributed by atoms with Crippen LogP contribution in [0.15, 0.2) is 10.3 Å². The lowest BCUT2D eigenvalue weighted by molar-refractivity contribution is 0.565. The van der Waals surface area contributed by atoms with E-state index >= 15 is 0 Å². The normalized spacial score (nSPS) is 13.3. The molecular weight excluding hydrogens is 280 g/mol. The maximum atomic E-state index is 11.9. The Balaban J connectivity index is 2.93. The highest BCUT2D eigenvalue weighted by Gasteiger charge is 2.22. The molecule has 4 nitrogen and oxygen atoms in total. The fourth-order valence-corrected chi connectivity index (χ4v) is 4.15. The van der Waals surface area contributed by atoms with E-state index in [0.717, 1.165) is 23.3 Å². The molecule has 0 bridgehead atoms. The number of nitriles is 1. The van der Waals surface area contributed by atoms with Crippen molar-refractivity contribution >= 4 is 33.0 Å². The summed E-state index contributed by atoms with van der Waals surface area (Å²) in [7, 11) is -3.63. The predicted octanol–water partition coefficient (Wildman–Crippen LogP) is 2.68. The van der Waals surface area contributed by atoms with E-state index in [1.54, 1.807) is 6.92 Å². The van der Waals surface area contributed by atoms with Crippen molar-refractivity contribution in [2.24, 2.45) is 0 Å². The van der Waals surface area contributed by atoms with Gasteiger partial charge in [-0.05, 0) is 25.0 Å². The molecule has 0 amide bonds. The van der Waals surface area contributed by atoms with Gasteiger partial charge in [-0.2, -0.15) is 9.98 Å². The van der Waals surface area contributed by atoms with Gasteiger partial charge in [0, 0.05) is 0 Å². The first-order chi connectivity index (χ1) is 7.90. The highest BCUT2D eigenvalue weighted by atomic mass is 35.5. The molecule has 0 aliphatic heterocycles. The van der Waals surface area contributed by atoms with Gasteiger partial charge in [-0.15, -0.1) is 11.3 Å². The second-order valence-corrected chi connectivity index (χ2v) is 7.21. The summed E-state index contributed by atoms with van der Waals surface area (Å²) in [6.07, 6.45) is 1.23. The van der Waals surface area contributed by atoms with E-state index < -0.39 is 16.1 Å². The molecule has 0 saturated heterocycles. The molecule has 0 fully saturated rings. The zero-order valence-electron chi connectivity index (χ0n) is 9.53. The summed E-state index contributed by atoms with van der Waals surface area (Å²) in [6.45, 7) is 3.64. The van der Waals surface area contributed by atoms with E-state index in [1.165, 1.54) is 6.07 Å². The second kappa shape index (κ2) is 5.83. The maximum Gasteiger partial charge on any atom is 0.251 e. The number of thiophene rings is 1. The van der Waals surface area contributed by atoms with Gasteiger partial charge in [-0.3, -0.25) is 0 Å². The van der Waals surface area contributed by atoms with Crippen LogP contribution >= 0.6 is 22.9 Å². The Kier molecular flexibility index (Phi) is 4.95. The van der Waals surface area contributed by atoms with Crippen molar-refractivity contribution in [1.29, 1.82) is 5.26 Å². The van der Waals surface area contributed by atoms with E-state index in [-0.39, 0.29) is 4.21 Å². The van der Waals surface area contributed by atoms with Crippen LogP contribution in [0.5, 0.6) is 0 Å². The Morgan fingerprint density at radius 1 is 1.65 bits per heavy atom. The third-order valence-electron chi connectivity index (χ3n) is 2.13. The molecule has 1 heterocycles. The van der Waals surface area contributed by atoms with Gasteiger partial charge in [0.1, 0.15) is 10.3 Å². The standard InChI is InChI=1S/C10H13ClN2O2S2/c1-3-4-8(6-12)13-17(14,15)9-5-7(2)10(11)16-9/h5,8,13H,3-4H2,1-2H3. The van der Waals surface area contributed by atoms with Crippen molar-refractivity contribution in [3.63, 3.8) is 0 Å². The van der Waals surface area contributed by atoms with E-state index in [4.69, 9.17) is 16.9 Å². The largest absolute Gasteiger partial charge is 0.251 e. The van der Waals surface area contributed by atoms with Crippen molar-refractivity contribution in [2.45, 2.75) is 36.9 Å². The molecule has 0 aliphatic rings. The van der Waals surface area contributed by atoms with Crippen LogP contribution in [0.1, 0.15) is 25.3 Å². The van der Waals surface area contributed by atoms with Crippen LogP contribution in [0.25, 0.3) is 0 Å². The van der Waals surface area contributed by atoms with Gasteiger partial charge in [-0.25, -0.2) is 8.42 Å². The van der Waals surface area contributed by atoms with Crippen LogP contribution in [0.4, 0.5) is 0 Å². The first-order valence-corrected chi connectivity index (χ1v) is 7.76. The van der Waals surface area contributed by atoms with E-state index in [9.17, 15) is 8.42 Å². The van der Waals surface area contributed by atoms with Crippen molar-refractivity contribution < 1.29 is 8.42 Å². The smallest absolute Gasteiger partial charge is 0.206 e. The third kappa shape index (κ3) is 3.68. The minimum Gasteiger partial charge on any atom is -0.206 e. The Labute approximate surface area is 110 Å². The average Bonchev–Trinajstić information content (AvgIpc) is 2.59. The summed E-state index contributed by atoms with van der Waals surface area (Å²) in [4.78, 5) is 0. The molecule has 17 heavy (non-hydrogen) atoms. The second-order valence-electron chi connectivity index (χ2n) is 3.61. The third-order valence-corrected chi connectivity index (χ3v) is 5.63. The Bertz CT molecular complexity index is 511. The lowest BCUT2D eigenvalue weighted by Crippen LogP contribution is -2.33. The van der Waals surface area contributed by atoms with Crippen LogP contribution in [0, 0.1) is 18.3 Å². The van der Waals surface area contributed by atoms with Crippen LogP contribution in [-0.4, -0.2) is 14.5 Å². The SMILES string of the molecule is CCCC(C#N)NS(=O)(=O)c1cc(C)c(Cl)s1. The summed E-state index contributed by atoms with van der Waals surface area (Å²) in [5.74, 6) is 0. The van der Waals surface area contributed by atoms with Gasteiger partial charge < -0.3 is 0 Å². The Hall–Kier alpha value is -0.610. The van der Waals surface area contributed by atoms with Crippen LogP contribution in [0.3, 0.4) is 0 Å². The summed E-state index contributed by atoms with van der Waals surface area (Å²) in [5, 5.41) is 8.83. The molecular formula is C10H13ClN2O2S2. The number of hydrogen-bond acceptors (Lipinski definition) is 4. The zero-order valence-corrected chi connectivity index (χ0v) is 11.9. The van der Waals surface area contributed by atoms with Crippen molar-refractivity contribution in [3.8, 4) is 6.07 Å². The Morgan fingerprint density at radius 3 is 2.71 bits per heavy atom. The molecule has 0 saturated carbocycles. The average molecular weight is 293 g/mol. The number of halogens is 1. The van der Waals surface area contributed by atoms with Gasteiger partial charge in [0.05, 0.1) is 10.4 Å². The van der Waals surface area contributed by atoms with E-state index in [0.29, 0.717) is 10.8 Å². The lowest BCUT2D eigenvalue weighted by atomic mass is 10.2. The summed E-state index contributed by atoms with van der Waals surface area (Å²) in [5.41, 5.74) is 0.723. The fourth-order valence-electron chi connectivity index (χ4n) is 1.25. The number of hydrogen-bond donors (Lipinski definition) is 1. The van der Waals surface area contributed by atoms with Gasteiger partial charge in [0.2, 0.25) is 0 Å². The monoisotopic (exact) mass is 292 g/mol. The number of aryl methyl sites for hydroxylation is 1. The van der Waals surface area contributed by atoms with Gasteiger partial charge in [0.15, 0.2) is 0 Å². The van der Waals surface area contributed by atoms with Crippen molar-refractivity contribution in [2.75, 3.05) is 0 Å². The molecule has 1 N–H and O–H groups in total. The van der Waals surface area contributed by atoms with Crippen LogP contribution < -0.4 is 4.72 Å². The zero-order chi connectivity index (χ0) is 13.1. The number of nitrogens with zero attached hydrogens (tertiary/aromatic N) is 1. The van der Waals surface area contributed by atoms with E-state index in [2.05, 4.69) is 4.72 Å².